The number of benzene rings is 1. The van der Waals surface area contributed by atoms with Crippen molar-refractivity contribution in [3.63, 3.8) is 0 Å². The Labute approximate surface area is 110 Å². The van der Waals surface area contributed by atoms with Gasteiger partial charge in [0.15, 0.2) is 0 Å². The first-order valence-electron chi connectivity index (χ1n) is 6.13. The van der Waals surface area contributed by atoms with Crippen LogP contribution in [0.15, 0.2) is 30.6 Å². The zero-order valence-electron chi connectivity index (χ0n) is 10.7. The van der Waals surface area contributed by atoms with Crippen molar-refractivity contribution in [2.45, 2.75) is 25.4 Å². The first-order chi connectivity index (χ1) is 9.02. The Bertz CT molecular complexity index is 534. The van der Waals surface area contributed by atoms with Crippen LogP contribution >= 0.6 is 0 Å². The Morgan fingerprint density at radius 2 is 1.89 bits per heavy atom. The molecule has 0 spiro atoms. The highest BCUT2D eigenvalue weighted by atomic mass is 19.1. The normalized spacial score (nSPS) is 12.6. The lowest BCUT2D eigenvalue weighted by Gasteiger charge is -2.10. The molecule has 3 nitrogen and oxygen atoms in total. The van der Waals surface area contributed by atoms with Crippen LogP contribution in [0, 0.1) is 11.6 Å². The Morgan fingerprint density at radius 3 is 2.47 bits per heavy atom. The van der Waals surface area contributed by atoms with Crippen molar-refractivity contribution in [1.82, 2.24) is 9.78 Å². The summed E-state index contributed by atoms with van der Waals surface area (Å²) in [6, 6.07) is 3.32. The van der Waals surface area contributed by atoms with E-state index in [0.717, 1.165) is 11.6 Å². The molecule has 1 aromatic heterocycles. The molecule has 5 heteroatoms. The van der Waals surface area contributed by atoms with Gasteiger partial charge in [0.2, 0.25) is 0 Å². The van der Waals surface area contributed by atoms with Crippen molar-refractivity contribution in [2.75, 3.05) is 0 Å². The predicted molar refractivity (Wildman–Crippen MR) is 67.6 cm³/mol. The fraction of sp³-hybridized carbons (Fsp3) is 0.357. The maximum Gasteiger partial charge on any atom is 0.126 e. The third-order valence-electron chi connectivity index (χ3n) is 2.92. The molecule has 0 bridgehead atoms. The van der Waals surface area contributed by atoms with Crippen LogP contribution in [-0.4, -0.2) is 21.0 Å². The predicted octanol–water partition coefficient (Wildman–Crippen LogP) is 2.23. The van der Waals surface area contributed by atoms with Gasteiger partial charge in [-0.2, -0.15) is 5.10 Å². The standard InChI is InChI=1S/C14H16F2N2O/c1-18-9-10(8-17-18)2-3-14(19)6-11-4-12(15)7-13(16)5-11/h4-5,7-9,14,19H,2-3,6H2,1H3. The second-order valence-electron chi connectivity index (χ2n) is 4.70. The van der Waals surface area contributed by atoms with Crippen LogP contribution in [0.5, 0.6) is 0 Å². The summed E-state index contributed by atoms with van der Waals surface area (Å²) < 4.78 is 27.7. The first-order valence-corrected chi connectivity index (χ1v) is 6.13. The van der Waals surface area contributed by atoms with Crippen LogP contribution in [0.1, 0.15) is 17.5 Å². The quantitative estimate of drug-likeness (QED) is 0.901. The molecule has 0 radical (unpaired) electrons. The minimum atomic E-state index is -0.624. The van der Waals surface area contributed by atoms with Gasteiger partial charge in [-0.05, 0) is 42.5 Å². The second kappa shape index (κ2) is 5.93. The maximum atomic E-state index is 13.0. The molecular formula is C14H16F2N2O. The molecule has 0 aliphatic carbocycles. The van der Waals surface area contributed by atoms with Crippen LogP contribution < -0.4 is 0 Å². The third kappa shape index (κ3) is 4.13. The molecule has 0 amide bonds. The van der Waals surface area contributed by atoms with E-state index < -0.39 is 17.7 Å². The lowest BCUT2D eigenvalue weighted by atomic mass is 10.0. The fourth-order valence-electron chi connectivity index (χ4n) is 2.04. The van der Waals surface area contributed by atoms with Crippen LogP contribution in [0.3, 0.4) is 0 Å². The van der Waals surface area contributed by atoms with Gasteiger partial charge in [0.25, 0.3) is 0 Å². The number of halogens is 2. The van der Waals surface area contributed by atoms with Gasteiger partial charge in [-0.25, -0.2) is 8.78 Å². The summed E-state index contributed by atoms with van der Waals surface area (Å²) in [6.07, 6.45) is 4.47. The average molecular weight is 266 g/mol. The van der Waals surface area contributed by atoms with E-state index in [4.69, 9.17) is 0 Å². The molecule has 0 saturated heterocycles. The highest BCUT2D eigenvalue weighted by Gasteiger charge is 2.09. The highest BCUT2D eigenvalue weighted by molar-refractivity contribution is 5.18. The summed E-state index contributed by atoms with van der Waals surface area (Å²) in [5.41, 5.74) is 1.50. The van der Waals surface area contributed by atoms with E-state index in [1.54, 1.807) is 10.9 Å². The van der Waals surface area contributed by atoms with Crippen LogP contribution in [-0.2, 0) is 19.9 Å². The summed E-state index contributed by atoms with van der Waals surface area (Å²) in [6.45, 7) is 0. The number of aliphatic hydroxyl groups is 1. The van der Waals surface area contributed by atoms with E-state index in [-0.39, 0.29) is 6.42 Å². The van der Waals surface area contributed by atoms with Crippen molar-refractivity contribution in [1.29, 1.82) is 0 Å². The van der Waals surface area contributed by atoms with Gasteiger partial charge in [-0.15, -0.1) is 0 Å². The van der Waals surface area contributed by atoms with Gasteiger partial charge >= 0.3 is 0 Å². The lowest BCUT2D eigenvalue weighted by Crippen LogP contribution is -2.12. The van der Waals surface area contributed by atoms with Gasteiger partial charge < -0.3 is 5.11 Å². The van der Waals surface area contributed by atoms with Gasteiger partial charge in [-0.3, -0.25) is 4.68 Å². The van der Waals surface area contributed by atoms with Crippen molar-refractivity contribution in [3.05, 3.63) is 53.4 Å². The van der Waals surface area contributed by atoms with Crippen molar-refractivity contribution in [3.8, 4) is 0 Å². The SMILES string of the molecule is Cn1cc(CCC(O)Cc2cc(F)cc(F)c2)cn1. The van der Waals surface area contributed by atoms with Gasteiger partial charge in [0, 0.05) is 19.3 Å². The third-order valence-corrected chi connectivity index (χ3v) is 2.92. The van der Waals surface area contributed by atoms with E-state index >= 15 is 0 Å². The Kier molecular flexibility index (Phi) is 4.27. The summed E-state index contributed by atoms with van der Waals surface area (Å²) in [7, 11) is 1.83. The maximum absolute atomic E-state index is 13.0. The highest BCUT2D eigenvalue weighted by Crippen LogP contribution is 2.13. The van der Waals surface area contributed by atoms with Crippen LogP contribution in [0.4, 0.5) is 8.78 Å². The number of aliphatic hydroxyl groups excluding tert-OH is 1. The summed E-state index contributed by atoms with van der Waals surface area (Å²) >= 11 is 0. The largest absolute Gasteiger partial charge is 0.393 e. The number of hydrogen-bond acceptors (Lipinski definition) is 2. The second-order valence-corrected chi connectivity index (χ2v) is 4.70. The smallest absolute Gasteiger partial charge is 0.126 e. The molecule has 1 heterocycles. The van der Waals surface area contributed by atoms with E-state index in [2.05, 4.69) is 5.10 Å². The molecule has 1 unspecified atom stereocenters. The molecular weight excluding hydrogens is 250 g/mol. The van der Waals surface area contributed by atoms with Crippen LogP contribution in [0.25, 0.3) is 0 Å². The molecule has 0 saturated carbocycles. The van der Waals surface area contributed by atoms with Crippen molar-refractivity contribution >= 4 is 0 Å². The molecule has 1 N–H and O–H groups in total. The average Bonchev–Trinajstić information content (AvgIpc) is 2.71. The minimum Gasteiger partial charge on any atom is -0.393 e. The van der Waals surface area contributed by atoms with E-state index in [1.807, 2.05) is 13.2 Å². The molecule has 1 aromatic carbocycles. The van der Waals surface area contributed by atoms with E-state index in [1.165, 1.54) is 12.1 Å². The molecule has 1 atom stereocenters. The van der Waals surface area contributed by atoms with E-state index in [9.17, 15) is 13.9 Å². The topological polar surface area (TPSA) is 38.0 Å². The Morgan fingerprint density at radius 1 is 1.21 bits per heavy atom. The lowest BCUT2D eigenvalue weighted by molar-refractivity contribution is 0.165. The Balaban J connectivity index is 1.88. The Hall–Kier alpha value is -1.75. The van der Waals surface area contributed by atoms with Crippen LogP contribution in [0.2, 0.25) is 0 Å². The number of nitrogens with zero attached hydrogens (tertiary/aromatic N) is 2. The summed E-state index contributed by atoms with van der Waals surface area (Å²) in [5, 5.41) is 13.9. The molecule has 2 aromatic rings. The number of aromatic nitrogens is 2. The van der Waals surface area contributed by atoms with Gasteiger partial charge in [0.1, 0.15) is 11.6 Å². The first kappa shape index (κ1) is 13.7. The fourth-order valence-corrected chi connectivity index (χ4v) is 2.04. The number of rotatable bonds is 5. The van der Waals surface area contributed by atoms with E-state index in [0.29, 0.717) is 18.4 Å². The van der Waals surface area contributed by atoms with Crippen molar-refractivity contribution in [2.24, 2.45) is 7.05 Å². The molecule has 102 valence electrons. The van der Waals surface area contributed by atoms with Gasteiger partial charge in [0.05, 0.1) is 12.3 Å². The monoisotopic (exact) mass is 266 g/mol. The zero-order chi connectivity index (χ0) is 13.8. The molecule has 0 aliphatic rings. The van der Waals surface area contributed by atoms with Gasteiger partial charge in [-0.1, -0.05) is 0 Å². The molecule has 19 heavy (non-hydrogen) atoms. The molecule has 0 fully saturated rings. The number of aryl methyl sites for hydroxylation is 2. The zero-order valence-corrected chi connectivity index (χ0v) is 10.7. The molecule has 2 rings (SSSR count). The number of hydrogen-bond donors (Lipinski definition) is 1. The van der Waals surface area contributed by atoms with Crippen molar-refractivity contribution < 1.29 is 13.9 Å². The minimum absolute atomic E-state index is 0.245. The molecule has 0 aliphatic heterocycles. The summed E-state index contributed by atoms with van der Waals surface area (Å²) in [5.74, 6) is -1.23. The summed E-state index contributed by atoms with van der Waals surface area (Å²) in [4.78, 5) is 0.